The Hall–Kier alpha value is -4.95. The number of allylic oxidation sites excluding steroid dienone is 1. The van der Waals surface area contributed by atoms with Crippen LogP contribution < -0.4 is 24.4 Å². The lowest BCUT2D eigenvalue weighted by Crippen LogP contribution is -2.43. The number of amides is 1. The molecule has 1 aliphatic heterocycles. The average Bonchev–Trinajstić information content (AvgIpc) is 3.38. The van der Waals surface area contributed by atoms with Gasteiger partial charge in [0.05, 0.1) is 22.9 Å². The van der Waals surface area contributed by atoms with Gasteiger partial charge in [0.2, 0.25) is 0 Å². The number of carbonyl (C=O) groups is 1. The lowest BCUT2D eigenvalue weighted by atomic mass is 9.94. The number of likely N-dealkylation sites (N-methyl/N-ethyl adjacent to an activating group) is 1. The van der Waals surface area contributed by atoms with Crippen molar-refractivity contribution in [1.82, 2.24) is 9.47 Å². The monoisotopic (exact) mass is 617 g/mol. The van der Waals surface area contributed by atoms with E-state index in [-0.39, 0.29) is 11.5 Å². The Bertz CT molecular complexity index is 2090. The highest BCUT2D eigenvalue weighted by Gasteiger charge is 2.35. The molecule has 0 N–H and O–H groups in total. The Balaban J connectivity index is 1.56. The maximum Gasteiger partial charge on any atom is 0.271 e. The van der Waals surface area contributed by atoms with Gasteiger partial charge in [0.1, 0.15) is 24.1 Å². The normalized spacial score (nSPS) is 14.7. The standard InChI is InChI=1S/C37H35N3O4S/c1-5-39(6-2)36(42)33-24(3)38-37-40(34(33)28-18-12-13-19-30(28)43-4)35(41)32(45-37)22-29-27-17-11-10-16-26(27)20-21-31(29)44-23-25-14-8-7-9-15-25/h7-22,34H,5-6,23H2,1-4H3/b32-22+/t34-/m0/s1. The first-order chi connectivity index (χ1) is 21.9. The second-order valence-corrected chi connectivity index (χ2v) is 11.8. The lowest BCUT2D eigenvalue weighted by molar-refractivity contribution is -0.127. The first kappa shape index (κ1) is 30.1. The first-order valence-electron chi connectivity index (χ1n) is 15.1. The molecule has 5 aromatic rings. The molecule has 0 saturated carbocycles. The zero-order valence-electron chi connectivity index (χ0n) is 25.8. The van der Waals surface area contributed by atoms with Crippen LogP contribution in [-0.2, 0) is 11.4 Å². The van der Waals surface area contributed by atoms with Crippen molar-refractivity contribution in [2.75, 3.05) is 20.2 Å². The van der Waals surface area contributed by atoms with Crippen molar-refractivity contribution < 1.29 is 14.3 Å². The van der Waals surface area contributed by atoms with E-state index in [1.807, 2.05) is 118 Å². The Kier molecular flexibility index (Phi) is 8.67. The number of methoxy groups -OCH3 is 1. The van der Waals surface area contributed by atoms with Crippen LogP contribution in [0, 0.1) is 0 Å². The highest BCUT2D eigenvalue weighted by molar-refractivity contribution is 7.07. The maximum atomic E-state index is 14.5. The van der Waals surface area contributed by atoms with Crippen LogP contribution in [-0.4, -0.2) is 35.6 Å². The van der Waals surface area contributed by atoms with E-state index < -0.39 is 6.04 Å². The van der Waals surface area contributed by atoms with E-state index in [4.69, 9.17) is 14.5 Å². The van der Waals surface area contributed by atoms with Gasteiger partial charge in [-0.2, -0.15) is 0 Å². The summed E-state index contributed by atoms with van der Waals surface area (Å²) in [5, 5.41) is 2.02. The summed E-state index contributed by atoms with van der Waals surface area (Å²) in [5.41, 5.74) is 3.43. The van der Waals surface area contributed by atoms with Crippen molar-refractivity contribution in [3.05, 3.63) is 139 Å². The molecule has 0 spiro atoms. The number of rotatable bonds is 9. The minimum absolute atomic E-state index is 0.142. The van der Waals surface area contributed by atoms with Crippen LogP contribution in [0.25, 0.3) is 16.8 Å². The summed E-state index contributed by atoms with van der Waals surface area (Å²) >= 11 is 1.31. The summed E-state index contributed by atoms with van der Waals surface area (Å²) in [6.45, 7) is 7.23. The fourth-order valence-electron chi connectivity index (χ4n) is 5.88. The maximum absolute atomic E-state index is 14.5. The summed E-state index contributed by atoms with van der Waals surface area (Å²) in [5.74, 6) is 1.14. The van der Waals surface area contributed by atoms with E-state index in [1.54, 1.807) is 16.6 Å². The van der Waals surface area contributed by atoms with Gasteiger partial charge < -0.3 is 14.4 Å². The molecule has 8 heteroatoms. The van der Waals surface area contributed by atoms with Crippen LogP contribution in [0.2, 0.25) is 0 Å². The number of aromatic nitrogens is 1. The second kappa shape index (κ2) is 13.0. The Labute approximate surface area is 266 Å². The van der Waals surface area contributed by atoms with Gasteiger partial charge in [-0.1, -0.05) is 90.2 Å². The van der Waals surface area contributed by atoms with Gasteiger partial charge in [0.15, 0.2) is 4.80 Å². The molecule has 0 fully saturated rings. The highest BCUT2D eigenvalue weighted by Crippen LogP contribution is 2.36. The number of fused-ring (bicyclic) bond motifs is 2. The fourth-order valence-corrected chi connectivity index (χ4v) is 6.91. The molecular weight excluding hydrogens is 582 g/mol. The predicted molar refractivity (Wildman–Crippen MR) is 179 cm³/mol. The zero-order chi connectivity index (χ0) is 31.5. The van der Waals surface area contributed by atoms with Crippen molar-refractivity contribution in [1.29, 1.82) is 0 Å². The fraction of sp³-hybridized carbons (Fsp3) is 0.216. The average molecular weight is 618 g/mol. The number of hydrogen-bond donors (Lipinski definition) is 0. The Morgan fingerprint density at radius 1 is 0.933 bits per heavy atom. The van der Waals surface area contributed by atoms with Crippen molar-refractivity contribution in [2.24, 2.45) is 4.99 Å². The third kappa shape index (κ3) is 5.69. The molecule has 1 amide bonds. The molecule has 0 saturated heterocycles. The van der Waals surface area contributed by atoms with Gasteiger partial charge in [-0.3, -0.25) is 14.2 Å². The van der Waals surface area contributed by atoms with E-state index in [0.29, 0.717) is 51.8 Å². The molecule has 7 nitrogen and oxygen atoms in total. The van der Waals surface area contributed by atoms with E-state index in [0.717, 1.165) is 27.5 Å². The highest BCUT2D eigenvalue weighted by atomic mass is 32.1. The van der Waals surface area contributed by atoms with Crippen molar-refractivity contribution in [3.8, 4) is 11.5 Å². The summed E-state index contributed by atoms with van der Waals surface area (Å²) in [6, 6.07) is 28.9. The van der Waals surface area contributed by atoms with E-state index in [2.05, 4.69) is 0 Å². The number of carbonyl (C=O) groups excluding carboxylic acids is 1. The van der Waals surface area contributed by atoms with Gasteiger partial charge in [-0.25, -0.2) is 4.99 Å². The van der Waals surface area contributed by atoms with Crippen LogP contribution in [0.4, 0.5) is 0 Å². The van der Waals surface area contributed by atoms with Crippen LogP contribution in [0.15, 0.2) is 112 Å². The van der Waals surface area contributed by atoms with Gasteiger partial charge >= 0.3 is 0 Å². The SMILES string of the molecule is CCN(CC)C(=O)C1=C(C)N=c2s/c(=C/c3c(OCc4ccccc4)ccc4ccccc34)c(=O)n2[C@H]1c1ccccc1OC. The second-order valence-electron chi connectivity index (χ2n) is 10.8. The Morgan fingerprint density at radius 2 is 1.64 bits per heavy atom. The molecular formula is C37H35N3O4S. The molecule has 228 valence electrons. The van der Waals surface area contributed by atoms with E-state index in [1.165, 1.54) is 11.3 Å². The number of hydrogen-bond acceptors (Lipinski definition) is 6. The molecule has 4 aromatic carbocycles. The molecule has 6 rings (SSSR count). The van der Waals surface area contributed by atoms with Crippen LogP contribution in [0.5, 0.6) is 11.5 Å². The number of benzene rings is 4. The lowest BCUT2D eigenvalue weighted by Gasteiger charge is -2.29. The molecule has 0 unspecified atom stereocenters. The summed E-state index contributed by atoms with van der Waals surface area (Å²) < 4.78 is 14.2. The van der Waals surface area contributed by atoms with Gasteiger partial charge in [0, 0.05) is 24.2 Å². The third-order valence-corrected chi connectivity index (χ3v) is 9.16. The number of nitrogens with zero attached hydrogens (tertiary/aromatic N) is 3. The molecule has 45 heavy (non-hydrogen) atoms. The summed E-state index contributed by atoms with van der Waals surface area (Å²) in [7, 11) is 1.60. The van der Waals surface area contributed by atoms with Gasteiger partial charge in [-0.05, 0) is 55.3 Å². The number of thiazole rings is 1. The molecule has 1 aliphatic rings. The van der Waals surface area contributed by atoms with Crippen LogP contribution >= 0.6 is 11.3 Å². The van der Waals surface area contributed by atoms with Gasteiger partial charge in [-0.15, -0.1) is 0 Å². The number of ether oxygens (including phenoxy) is 2. The van der Waals surface area contributed by atoms with Crippen molar-refractivity contribution >= 4 is 34.1 Å². The van der Waals surface area contributed by atoms with Crippen LogP contribution in [0.3, 0.4) is 0 Å². The summed E-state index contributed by atoms with van der Waals surface area (Å²) in [6.07, 6.45) is 1.90. The molecule has 0 aliphatic carbocycles. The summed E-state index contributed by atoms with van der Waals surface area (Å²) in [4.78, 5) is 35.6. The molecule has 2 heterocycles. The topological polar surface area (TPSA) is 73.1 Å². The predicted octanol–water partition coefficient (Wildman–Crippen LogP) is 5.84. The molecule has 0 bridgehead atoms. The zero-order valence-corrected chi connectivity index (χ0v) is 26.6. The van der Waals surface area contributed by atoms with Gasteiger partial charge in [0.25, 0.3) is 11.5 Å². The van der Waals surface area contributed by atoms with E-state index in [9.17, 15) is 9.59 Å². The first-order valence-corrected chi connectivity index (χ1v) is 15.9. The molecule has 1 aromatic heterocycles. The minimum atomic E-state index is -0.700. The Morgan fingerprint density at radius 3 is 2.40 bits per heavy atom. The number of para-hydroxylation sites is 1. The molecule has 1 atom stereocenters. The van der Waals surface area contributed by atoms with E-state index >= 15 is 0 Å². The minimum Gasteiger partial charge on any atom is -0.496 e. The van der Waals surface area contributed by atoms with Crippen molar-refractivity contribution in [3.63, 3.8) is 0 Å². The largest absolute Gasteiger partial charge is 0.496 e. The molecule has 0 radical (unpaired) electrons. The quantitative estimate of drug-likeness (QED) is 0.208. The van der Waals surface area contributed by atoms with Crippen molar-refractivity contribution in [2.45, 2.75) is 33.4 Å². The smallest absolute Gasteiger partial charge is 0.271 e. The third-order valence-electron chi connectivity index (χ3n) is 8.18. The van der Waals surface area contributed by atoms with Crippen LogP contribution in [0.1, 0.15) is 43.5 Å².